The molecule has 0 bridgehead atoms. The van der Waals surface area contributed by atoms with Crippen molar-refractivity contribution < 1.29 is 4.74 Å². The van der Waals surface area contributed by atoms with Crippen LogP contribution < -0.4 is 4.74 Å². The van der Waals surface area contributed by atoms with Gasteiger partial charge < -0.3 is 4.74 Å². The monoisotopic (exact) mass is 415 g/mol. The van der Waals surface area contributed by atoms with Gasteiger partial charge in [-0.3, -0.25) is 4.57 Å². The summed E-state index contributed by atoms with van der Waals surface area (Å²) in [6, 6.07) is 21.0. The Labute approximate surface area is 181 Å². The summed E-state index contributed by atoms with van der Waals surface area (Å²) in [5, 5.41) is 12.1. The first-order valence-corrected chi connectivity index (χ1v) is 11.0. The molecule has 0 aliphatic heterocycles. The van der Waals surface area contributed by atoms with Crippen molar-refractivity contribution in [3.8, 4) is 5.75 Å². The van der Waals surface area contributed by atoms with Crippen molar-refractivity contribution in [3.05, 3.63) is 95.8 Å². The first-order chi connectivity index (χ1) is 14.7. The van der Waals surface area contributed by atoms with Crippen LogP contribution in [-0.4, -0.2) is 14.8 Å². The highest BCUT2D eigenvalue weighted by molar-refractivity contribution is 7.98. The molecule has 3 aromatic carbocycles. The molecule has 4 rings (SSSR count). The van der Waals surface area contributed by atoms with E-state index in [4.69, 9.17) is 4.74 Å². The lowest BCUT2D eigenvalue weighted by Crippen LogP contribution is -2.08. The molecule has 0 amide bonds. The van der Waals surface area contributed by atoms with E-state index >= 15 is 0 Å². The number of aromatic nitrogens is 3. The molecule has 1 heterocycles. The van der Waals surface area contributed by atoms with Crippen LogP contribution in [0.3, 0.4) is 0 Å². The topological polar surface area (TPSA) is 39.9 Å². The van der Waals surface area contributed by atoms with Gasteiger partial charge in [-0.2, -0.15) is 0 Å². The van der Waals surface area contributed by atoms with E-state index in [1.165, 1.54) is 21.9 Å². The highest BCUT2D eigenvalue weighted by Gasteiger charge is 2.13. The second kappa shape index (κ2) is 9.18. The number of hydrogen-bond acceptors (Lipinski definition) is 4. The maximum absolute atomic E-state index is 6.14. The van der Waals surface area contributed by atoms with Gasteiger partial charge >= 0.3 is 0 Å². The molecule has 4 nitrogen and oxygen atoms in total. The van der Waals surface area contributed by atoms with Crippen molar-refractivity contribution in [3.63, 3.8) is 0 Å². The number of allylic oxidation sites excluding steroid dienone is 1. The van der Waals surface area contributed by atoms with E-state index in [9.17, 15) is 0 Å². The van der Waals surface area contributed by atoms with E-state index < -0.39 is 0 Å². The van der Waals surface area contributed by atoms with E-state index in [1.807, 2.05) is 12.1 Å². The first kappa shape index (κ1) is 20.2. The molecule has 0 aliphatic rings. The number of fused-ring (bicyclic) bond motifs is 1. The number of ether oxygens (including phenoxy) is 1. The minimum Gasteiger partial charge on any atom is -0.485 e. The Hall–Kier alpha value is -3.05. The maximum Gasteiger partial charge on any atom is 0.191 e. The van der Waals surface area contributed by atoms with Crippen LogP contribution in [-0.2, 0) is 18.9 Å². The molecule has 1 aromatic heterocycles. The van der Waals surface area contributed by atoms with Crippen LogP contribution >= 0.6 is 11.8 Å². The number of aryl methyl sites for hydroxylation is 2. The van der Waals surface area contributed by atoms with E-state index in [2.05, 4.69) is 89.8 Å². The Morgan fingerprint density at radius 2 is 1.80 bits per heavy atom. The fourth-order valence-electron chi connectivity index (χ4n) is 3.38. The zero-order valence-electron chi connectivity index (χ0n) is 17.3. The quantitative estimate of drug-likeness (QED) is 0.257. The van der Waals surface area contributed by atoms with Gasteiger partial charge in [0, 0.05) is 12.3 Å². The highest BCUT2D eigenvalue weighted by atomic mass is 32.2. The third kappa shape index (κ3) is 4.41. The number of rotatable bonds is 8. The summed E-state index contributed by atoms with van der Waals surface area (Å²) in [6.45, 7) is 9.09. The fourth-order valence-corrected chi connectivity index (χ4v) is 4.31. The zero-order chi connectivity index (χ0) is 20.9. The number of nitrogens with zero attached hydrogens (tertiary/aromatic N) is 3. The Bertz CT molecular complexity index is 1160. The molecule has 0 atom stereocenters. The average Bonchev–Trinajstić information content (AvgIpc) is 3.15. The highest BCUT2D eigenvalue weighted by Crippen LogP contribution is 2.28. The molecule has 0 fully saturated rings. The molecular weight excluding hydrogens is 390 g/mol. The predicted octanol–water partition coefficient (Wildman–Crippen LogP) is 6.11. The molecule has 0 N–H and O–H groups in total. The molecule has 0 unspecified atom stereocenters. The maximum atomic E-state index is 6.14. The summed E-state index contributed by atoms with van der Waals surface area (Å²) in [5.41, 5.74) is 3.67. The smallest absolute Gasteiger partial charge is 0.191 e. The van der Waals surface area contributed by atoms with Crippen LogP contribution in [0.5, 0.6) is 5.75 Å². The Kier molecular flexibility index (Phi) is 6.19. The molecule has 5 heteroatoms. The van der Waals surface area contributed by atoms with Crippen molar-refractivity contribution in [2.45, 2.75) is 37.9 Å². The predicted molar refractivity (Wildman–Crippen MR) is 124 cm³/mol. The van der Waals surface area contributed by atoms with Gasteiger partial charge in [0.25, 0.3) is 0 Å². The lowest BCUT2D eigenvalue weighted by atomic mass is 10.0. The fraction of sp³-hybridized carbons (Fsp3) is 0.200. The minimum absolute atomic E-state index is 0.366. The van der Waals surface area contributed by atoms with Crippen LogP contribution in [0.25, 0.3) is 10.8 Å². The van der Waals surface area contributed by atoms with Crippen LogP contribution in [0.15, 0.2) is 78.5 Å². The van der Waals surface area contributed by atoms with Crippen molar-refractivity contribution in [2.24, 2.45) is 0 Å². The zero-order valence-corrected chi connectivity index (χ0v) is 18.2. The third-order valence-corrected chi connectivity index (χ3v) is 6.14. The molecule has 152 valence electrons. The third-order valence-electron chi connectivity index (χ3n) is 5.10. The summed E-state index contributed by atoms with van der Waals surface area (Å²) in [4.78, 5) is 0. The standard InChI is InChI=1S/C25H25N3OS/c1-4-15-28-24(26-27-25(28)30-17-20-11-9-18(2)10-12-20)16-29-23-14-13-21-7-5-6-8-22(21)19(23)3/h4-14H,1,15-17H2,2-3H3. The summed E-state index contributed by atoms with van der Waals surface area (Å²) < 4.78 is 8.21. The van der Waals surface area contributed by atoms with Crippen LogP contribution in [0.4, 0.5) is 0 Å². The largest absolute Gasteiger partial charge is 0.485 e. The normalized spacial score (nSPS) is 11.0. The average molecular weight is 416 g/mol. The van der Waals surface area contributed by atoms with E-state index in [0.29, 0.717) is 13.2 Å². The molecule has 0 saturated heterocycles. The van der Waals surface area contributed by atoms with Gasteiger partial charge in [0.2, 0.25) is 0 Å². The molecule has 4 aromatic rings. The van der Waals surface area contributed by atoms with Gasteiger partial charge in [0.05, 0.1) is 0 Å². The summed E-state index contributed by atoms with van der Waals surface area (Å²) in [5.74, 6) is 2.52. The van der Waals surface area contributed by atoms with E-state index in [0.717, 1.165) is 28.0 Å². The Balaban J connectivity index is 1.49. The van der Waals surface area contributed by atoms with Crippen molar-refractivity contribution >= 4 is 22.5 Å². The van der Waals surface area contributed by atoms with E-state index in [-0.39, 0.29) is 0 Å². The number of thioether (sulfide) groups is 1. The van der Waals surface area contributed by atoms with E-state index in [1.54, 1.807) is 11.8 Å². The van der Waals surface area contributed by atoms with Crippen molar-refractivity contribution in [2.75, 3.05) is 0 Å². The first-order valence-electron chi connectivity index (χ1n) is 9.98. The molecular formula is C25H25N3OS. The lowest BCUT2D eigenvalue weighted by Gasteiger charge is -2.12. The summed E-state index contributed by atoms with van der Waals surface area (Å²) in [7, 11) is 0. The summed E-state index contributed by atoms with van der Waals surface area (Å²) >= 11 is 1.68. The van der Waals surface area contributed by atoms with Crippen LogP contribution in [0.2, 0.25) is 0 Å². The van der Waals surface area contributed by atoms with Crippen molar-refractivity contribution in [1.29, 1.82) is 0 Å². The Morgan fingerprint density at radius 1 is 1.00 bits per heavy atom. The molecule has 0 saturated carbocycles. The van der Waals surface area contributed by atoms with Gasteiger partial charge in [-0.25, -0.2) is 0 Å². The van der Waals surface area contributed by atoms with Gasteiger partial charge in [0.15, 0.2) is 11.0 Å². The number of hydrogen-bond donors (Lipinski definition) is 0. The lowest BCUT2D eigenvalue weighted by molar-refractivity contribution is 0.287. The molecule has 30 heavy (non-hydrogen) atoms. The van der Waals surface area contributed by atoms with Gasteiger partial charge in [0.1, 0.15) is 12.4 Å². The minimum atomic E-state index is 0.366. The second-order valence-electron chi connectivity index (χ2n) is 7.27. The molecule has 0 spiro atoms. The van der Waals surface area contributed by atoms with Crippen molar-refractivity contribution in [1.82, 2.24) is 14.8 Å². The van der Waals surface area contributed by atoms with Gasteiger partial charge in [-0.05, 0) is 41.8 Å². The van der Waals surface area contributed by atoms with Gasteiger partial charge in [-0.15, -0.1) is 16.8 Å². The molecule has 0 radical (unpaired) electrons. The number of benzene rings is 3. The second-order valence-corrected chi connectivity index (χ2v) is 8.21. The Morgan fingerprint density at radius 3 is 2.60 bits per heavy atom. The SMILES string of the molecule is C=CCn1c(COc2ccc3ccccc3c2C)nnc1SCc1ccc(C)cc1. The van der Waals surface area contributed by atoms with Crippen LogP contribution in [0, 0.1) is 13.8 Å². The van der Waals surface area contributed by atoms with Gasteiger partial charge in [-0.1, -0.05) is 78.0 Å². The molecule has 0 aliphatic carbocycles. The van der Waals surface area contributed by atoms with Crippen LogP contribution in [0.1, 0.15) is 22.5 Å². The summed E-state index contributed by atoms with van der Waals surface area (Å²) in [6.07, 6.45) is 1.87.